The molecule has 0 spiro atoms. The Morgan fingerprint density at radius 1 is 1.25 bits per heavy atom. The van der Waals surface area contributed by atoms with Gasteiger partial charge in [-0.1, -0.05) is 0 Å². The van der Waals surface area contributed by atoms with E-state index in [2.05, 4.69) is 0 Å². The summed E-state index contributed by atoms with van der Waals surface area (Å²) in [5.74, 6) is 0.0353. The summed E-state index contributed by atoms with van der Waals surface area (Å²) < 4.78 is 22.9. The maximum atomic E-state index is 11.4. The minimum Gasteiger partial charge on any atom is -0.300 e. The van der Waals surface area contributed by atoms with Crippen molar-refractivity contribution >= 4 is 15.6 Å². The van der Waals surface area contributed by atoms with E-state index in [9.17, 15) is 13.2 Å². The van der Waals surface area contributed by atoms with Gasteiger partial charge in [0, 0.05) is 12.7 Å². The fourth-order valence-corrected chi connectivity index (χ4v) is 2.31. The zero-order valence-electron chi connectivity index (χ0n) is 9.99. The maximum absolute atomic E-state index is 11.4. The molecule has 0 aliphatic rings. The molecule has 0 saturated heterocycles. The Hall–Kier alpha value is -1.16. The van der Waals surface area contributed by atoms with Gasteiger partial charge in [-0.15, -0.1) is 0 Å². The molecule has 4 heteroatoms. The monoisotopic (exact) mass is 240 g/mol. The number of carbonyl (C=O) groups is 1. The summed E-state index contributed by atoms with van der Waals surface area (Å²) in [6.07, 6.45) is 1.46. The lowest BCUT2D eigenvalue weighted by Gasteiger charge is -2.10. The predicted molar refractivity (Wildman–Crippen MR) is 63.4 cm³/mol. The molecule has 1 aromatic carbocycles. The molecular weight excluding hydrogens is 224 g/mol. The van der Waals surface area contributed by atoms with Gasteiger partial charge in [0.05, 0.1) is 4.90 Å². The minimum absolute atomic E-state index is 0.0353. The lowest BCUT2D eigenvalue weighted by atomic mass is 10.00. The quantitative estimate of drug-likeness (QED) is 0.810. The summed E-state index contributed by atoms with van der Waals surface area (Å²) in [7, 11) is -3.21. The SMILES string of the molecule is CC(=O)Cc1cc(S(C)(=O)=O)cc(C)c1C. The molecule has 0 fully saturated rings. The predicted octanol–water partition coefficient (Wildman–Crippen LogP) is 1.84. The van der Waals surface area contributed by atoms with E-state index in [0.717, 1.165) is 16.7 Å². The van der Waals surface area contributed by atoms with Gasteiger partial charge in [0.25, 0.3) is 0 Å². The van der Waals surface area contributed by atoms with Crippen molar-refractivity contribution in [1.82, 2.24) is 0 Å². The Bertz CT molecular complexity index is 527. The number of aryl methyl sites for hydroxylation is 1. The smallest absolute Gasteiger partial charge is 0.175 e. The molecule has 0 bridgehead atoms. The first-order valence-electron chi connectivity index (χ1n) is 5.01. The van der Waals surface area contributed by atoms with Crippen LogP contribution in [-0.2, 0) is 21.1 Å². The third-order valence-corrected chi connectivity index (χ3v) is 3.71. The van der Waals surface area contributed by atoms with Gasteiger partial charge in [-0.3, -0.25) is 4.79 Å². The van der Waals surface area contributed by atoms with Crippen molar-refractivity contribution in [2.24, 2.45) is 0 Å². The standard InChI is InChI=1S/C12H16O3S/c1-8-5-12(16(4,14)15)7-11(10(8)3)6-9(2)13/h5,7H,6H2,1-4H3. The number of ketones is 1. The number of rotatable bonds is 3. The minimum atomic E-state index is -3.21. The molecule has 0 saturated carbocycles. The molecule has 88 valence electrons. The Morgan fingerprint density at radius 2 is 1.81 bits per heavy atom. The van der Waals surface area contributed by atoms with Crippen molar-refractivity contribution in [3.63, 3.8) is 0 Å². The molecule has 3 nitrogen and oxygen atoms in total. The van der Waals surface area contributed by atoms with Gasteiger partial charge < -0.3 is 0 Å². The summed E-state index contributed by atoms with van der Waals surface area (Å²) in [5.41, 5.74) is 2.69. The second-order valence-corrected chi connectivity index (χ2v) is 6.19. The van der Waals surface area contributed by atoms with Crippen LogP contribution in [0, 0.1) is 13.8 Å². The highest BCUT2D eigenvalue weighted by Gasteiger charge is 2.12. The zero-order chi connectivity index (χ0) is 12.5. The topological polar surface area (TPSA) is 51.2 Å². The van der Waals surface area contributed by atoms with E-state index < -0.39 is 9.84 Å². The fraction of sp³-hybridized carbons (Fsp3) is 0.417. The van der Waals surface area contributed by atoms with Crippen LogP contribution in [0.2, 0.25) is 0 Å². The Morgan fingerprint density at radius 3 is 2.25 bits per heavy atom. The van der Waals surface area contributed by atoms with Gasteiger partial charge in [-0.25, -0.2) is 8.42 Å². The largest absolute Gasteiger partial charge is 0.300 e. The number of sulfone groups is 1. The third kappa shape index (κ3) is 2.92. The van der Waals surface area contributed by atoms with Crippen molar-refractivity contribution in [3.05, 3.63) is 28.8 Å². The van der Waals surface area contributed by atoms with Gasteiger partial charge in [0.1, 0.15) is 5.78 Å². The summed E-state index contributed by atoms with van der Waals surface area (Å²) in [6, 6.07) is 3.24. The molecule has 0 radical (unpaired) electrons. The molecule has 0 aliphatic heterocycles. The molecule has 0 amide bonds. The maximum Gasteiger partial charge on any atom is 0.175 e. The van der Waals surface area contributed by atoms with E-state index in [-0.39, 0.29) is 17.1 Å². The van der Waals surface area contributed by atoms with Crippen LogP contribution in [0.15, 0.2) is 17.0 Å². The van der Waals surface area contributed by atoms with Crippen LogP contribution in [0.3, 0.4) is 0 Å². The highest BCUT2D eigenvalue weighted by atomic mass is 32.2. The van der Waals surface area contributed by atoms with Crippen molar-refractivity contribution < 1.29 is 13.2 Å². The lowest BCUT2D eigenvalue weighted by Crippen LogP contribution is -2.05. The van der Waals surface area contributed by atoms with E-state index in [4.69, 9.17) is 0 Å². The number of carbonyl (C=O) groups excluding carboxylic acids is 1. The molecule has 16 heavy (non-hydrogen) atoms. The fourth-order valence-electron chi connectivity index (χ4n) is 1.56. The molecule has 0 N–H and O–H groups in total. The first-order chi connectivity index (χ1) is 7.21. The van der Waals surface area contributed by atoms with Crippen LogP contribution >= 0.6 is 0 Å². The highest BCUT2D eigenvalue weighted by molar-refractivity contribution is 7.90. The van der Waals surface area contributed by atoms with Crippen LogP contribution in [0.25, 0.3) is 0 Å². The highest BCUT2D eigenvalue weighted by Crippen LogP contribution is 2.20. The molecule has 0 aliphatic carbocycles. The van der Waals surface area contributed by atoms with Crippen LogP contribution in [0.1, 0.15) is 23.6 Å². The Balaban J connectivity index is 3.39. The average Bonchev–Trinajstić information content (AvgIpc) is 2.10. The summed E-state index contributed by atoms with van der Waals surface area (Å²) in [5, 5.41) is 0. The third-order valence-electron chi connectivity index (χ3n) is 2.62. The number of Topliss-reactive ketones (excluding diaryl/α,β-unsaturated/α-hetero) is 1. The van der Waals surface area contributed by atoms with Crippen molar-refractivity contribution in [2.45, 2.75) is 32.1 Å². The number of benzene rings is 1. The number of hydrogen-bond acceptors (Lipinski definition) is 3. The van der Waals surface area contributed by atoms with Crippen LogP contribution < -0.4 is 0 Å². The van der Waals surface area contributed by atoms with Gasteiger partial charge in [-0.2, -0.15) is 0 Å². The molecule has 0 unspecified atom stereocenters. The van der Waals surface area contributed by atoms with E-state index in [1.165, 1.54) is 13.2 Å². The van der Waals surface area contributed by atoms with E-state index in [1.54, 1.807) is 12.1 Å². The van der Waals surface area contributed by atoms with Gasteiger partial charge in [-0.05, 0) is 49.6 Å². The Kier molecular flexibility index (Phi) is 3.53. The van der Waals surface area contributed by atoms with E-state index in [1.807, 2.05) is 13.8 Å². The average molecular weight is 240 g/mol. The van der Waals surface area contributed by atoms with Crippen molar-refractivity contribution in [1.29, 1.82) is 0 Å². The Labute approximate surface area is 96.4 Å². The van der Waals surface area contributed by atoms with Crippen LogP contribution in [0.4, 0.5) is 0 Å². The van der Waals surface area contributed by atoms with Crippen LogP contribution in [0.5, 0.6) is 0 Å². The van der Waals surface area contributed by atoms with Gasteiger partial charge in [0.2, 0.25) is 0 Å². The number of hydrogen-bond donors (Lipinski definition) is 0. The molecule has 0 atom stereocenters. The second kappa shape index (κ2) is 4.37. The molecule has 1 aromatic rings. The summed E-state index contributed by atoms with van der Waals surface area (Å²) >= 11 is 0. The van der Waals surface area contributed by atoms with E-state index >= 15 is 0 Å². The first kappa shape index (κ1) is 12.9. The van der Waals surface area contributed by atoms with Crippen molar-refractivity contribution in [3.8, 4) is 0 Å². The van der Waals surface area contributed by atoms with Crippen LogP contribution in [-0.4, -0.2) is 20.5 Å². The van der Waals surface area contributed by atoms with E-state index in [0.29, 0.717) is 0 Å². The van der Waals surface area contributed by atoms with Gasteiger partial charge >= 0.3 is 0 Å². The lowest BCUT2D eigenvalue weighted by molar-refractivity contribution is -0.116. The molecular formula is C12H16O3S. The summed E-state index contributed by atoms with van der Waals surface area (Å²) in [6.45, 7) is 5.26. The summed E-state index contributed by atoms with van der Waals surface area (Å²) in [4.78, 5) is 11.4. The van der Waals surface area contributed by atoms with Gasteiger partial charge in [0.15, 0.2) is 9.84 Å². The molecule has 1 rings (SSSR count). The zero-order valence-corrected chi connectivity index (χ0v) is 10.8. The van der Waals surface area contributed by atoms with Crippen molar-refractivity contribution in [2.75, 3.05) is 6.26 Å². The molecule has 0 heterocycles. The first-order valence-corrected chi connectivity index (χ1v) is 6.90. The normalized spacial score (nSPS) is 11.5. The molecule has 0 aromatic heterocycles. The second-order valence-electron chi connectivity index (χ2n) is 4.18.